The lowest BCUT2D eigenvalue weighted by atomic mass is 9.56. The van der Waals surface area contributed by atoms with Gasteiger partial charge >= 0.3 is 0 Å². The van der Waals surface area contributed by atoms with Crippen molar-refractivity contribution in [3.63, 3.8) is 0 Å². The van der Waals surface area contributed by atoms with E-state index in [1.165, 1.54) is 38.6 Å². The summed E-state index contributed by atoms with van der Waals surface area (Å²) >= 11 is 0. The third-order valence-electron chi connectivity index (χ3n) is 25.4. The molecule has 0 radical (unpaired) electrons. The second-order valence-electron chi connectivity index (χ2n) is 31.4. The van der Waals surface area contributed by atoms with Gasteiger partial charge in [0.25, 0.3) is 10.1 Å². The Morgan fingerprint density at radius 1 is 0.848 bits per heavy atom. The SMILES string of the molecule is CNCc1cc2cccc3c2c2c1CCc1cc(C4CC5(CCCC5)CC(O)(C(Cc5ccccc5)CC5(N=C(N)N)Oc6ccc7c(c6)CCC(C)C7CC(S(=O)(=O)O)C6C=C7CC(CC8CC(CO)CC#Cc9cc(O)ccc9C7O8)C6c6ccc5cc6)C4)ccc1C(O)C2C=C3. The van der Waals surface area contributed by atoms with Crippen molar-refractivity contribution in [3.8, 4) is 23.3 Å². The summed E-state index contributed by atoms with van der Waals surface area (Å²) < 4.78 is 56.2. The molecule has 7 aromatic carbocycles. The van der Waals surface area contributed by atoms with Gasteiger partial charge in [-0.3, -0.25) is 4.55 Å². The molecular formula is C85H94N4O9S. The van der Waals surface area contributed by atoms with Crippen LogP contribution in [0.2, 0.25) is 0 Å². The van der Waals surface area contributed by atoms with Crippen molar-refractivity contribution in [2.45, 2.75) is 188 Å². The summed E-state index contributed by atoms with van der Waals surface area (Å²) in [6.45, 7) is 2.84. The zero-order valence-corrected chi connectivity index (χ0v) is 57.8. The summed E-state index contributed by atoms with van der Waals surface area (Å²) in [5.41, 5.74) is 25.9. The van der Waals surface area contributed by atoms with Crippen LogP contribution < -0.4 is 21.5 Å². The zero-order valence-electron chi connectivity index (χ0n) is 57.0. The van der Waals surface area contributed by atoms with Crippen LogP contribution in [0.3, 0.4) is 0 Å². The molecule has 10 bridgehead atoms. The highest BCUT2D eigenvalue weighted by Gasteiger charge is 2.56. The van der Waals surface area contributed by atoms with Gasteiger partial charge in [0.2, 0.25) is 5.72 Å². The second-order valence-corrected chi connectivity index (χ2v) is 33.1. The molecule has 0 aromatic heterocycles. The number of phenols is 1. The van der Waals surface area contributed by atoms with Gasteiger partial charge in [-0.15, -0.1) is 0 Å². The molecule has 7 aromatic rings. The Kier molecular flexibility index (Phi) is 17.4. The van der Waals surface area contributed by atoms with Crippen LogP contribution in [0.5, 0.6) is 11.5 Å². The van der Waals surface area contributed by atoms with Crippen LogP contribution in [-0.2, 0) is 52.8 Å². The van der Waals surface area contributed by atoms with Crippen LogP contribution in [0.4, 0.5) is 0 Å². The Bertz CT molecular complexity index is 4550. The standard InChI is InChI=1S/C85H94N4O9S/c1-50-16-17-58-40-67-26-31-69(58)74(50)43-76(99(94,95)96)75-42-61-38-60(41-68-35-52(48-90)12-8-14-56-39-66(91)25-30-72(56)81(61)97-68)77(75)54-18-23-64(24-19-54)85(98-67,89-82(86)87)46-65(34-51-10-4-3-5-11-51)84(93)45-63(44-83(49-84)32-6-7-33-83)55-21-28-71-57(36-55)22-27-70-62(47-88-2)37-59-15-9-13-53-20-29-73(80(71)92)79(70)78(53)59/h3-5,9-11,13,15,18-21,23-26,28-31,36-37,39-40,42,50,52,60,63,65,68,73-77,80-81,88,90-93H,6-7,12,16-17,22,27,32-35,38,41,43-49H2,1-2H3,(H4,86,87,89)(H,94,95,96). The number of aliphatic hydroxyl groups is 3. The molecule has 1 spiro atoms. The number of aliphatic imine (C=N–C) groups is 1. The van der Waals surface area contributed by atoms with Gasteiger partial charge in [0.05, 0.1) is 23.1 Å². The van der Waals surface area contributed by atoms with E-state index in [-0.39, 0.29) is 78.2 Å². The normalized spacial score (nSPS) is 30.5. The molecule has 15 atom stereocenters. The molecule has 514 valence electrons. The molecule has 14 heteroatoms. The molecule has 5 aliphatic heterocycles. The minimum absolute atomic E-state index is 0.0172. The smallest absolute Gasteiger partial charge is 0.268 e. The lowest BCUT2D eigenvalue weighted by molar-refractivity contribution is -0.116. The van der Waals surface area contributed by atoms with E-state index >= 15 is 0 Å². The molecule has 0 amide bonds. The summed E-state index contributed by atoms with van der Waals surface area (Å²) in [4.78, 5) is 5.33. The lowest BCUT2D eigenvalue weighted by Gasteiger charge is -2.52. The number of aryl methyl sites for hydroxylation is 2. The van der Waals surface area contributed by atoms with Crippen molar-refractivity contribution in [2.24, 2.45) is 51.5 Å². The van der Waals surface area contributed by atoms with E-state index in [1.54, 1.807) is 12.1 Å². The number of rotatable bonds is 11. The number of benzene rings is 7. The number of nitrogens with zero attached hydrogens (tertiary/aromatic N) is 1. The van der Waals surface area contributed by atoms with Gasteiger partial charge in [-0.25, -0.2) is 4.99 Å². The first-order valence-electron chi connectivity index (χ1n) is 36.6. The summed E-state index contributed by atoms with van der Waals surface area (Å²) in [5.74, 6) is 4.69. The summed E-state index contributed by atoms with van der Waals surface area (Å²) in [6.07, 6.45) is 17.1. The first kappa shape index (κ1) is 66.0. The number of guanidine groups is 1. The highest BCUT2D eigenvalue weighted by Crippen LogP contribution is 2.61. The fourth-order valence-electron chi connectivity index (χ4n) is 20.9. The molecule has 10 N–H and O–H groups in total. The highest BCUT2D eigenvalue weighted by atomic mass is 32.2. The van der Waals surface area contributed by atoms with Crippen LogP contribution in [0.15, 0.2) is 156 Å². The lowest BCUT2D eigenvalue weighted by Crippen LogP contribution is -2.52. The van der Waals surface area contributed by atoms with Crippen molar-refractivity contribution in [1.29, 1.82) is 0 Å². The molecule has 13 nitrogen and oxygen atoms in total. The molecule has 5 heterocycles. The molecule has 1 saturated heterocycles. The van der Waals surface area contributed by atoms with Crippen molar-refractivity contribution in [2.75, 3.05) is 13.7 Å². The van der Waals surface area contributed by atoms with Gasteiger partial charge in [0, 0.05) is 54.5 Å². The van der Waals surface area contributed by atoms with E-state index in [4.69, 9.17) is 25.9 Å². The number of allylic oxidation sites excluding steroid dienone is 1. The minimum atomic E-state index is -4.74. The van der Waals surface area contributed by atoms with Gasteiger partial charge in [-0.1, -0.05) is 153 Å². The summed E-state index contributed by atoms with van der Waals surface area (Å²) in [5, 5.41) is 53.8. The summed E-state index contributed by atoms with van der Waals surface area (Å²) in [6, 6.07) is 45.7. The maximum absolute atomic E-state index is 14.7. The van der Waals surface area contributed by atoms with Crippen molar-refractivity contribution in [3.05, 3.63) is 229 Å². The highest BCUT2D eigenvalue weighted by molar-refractivity contribution is 7.86. The average Bonchev–Trinajstić information content (AvgIpc) is 1.38. The van der Waals surface area contributed by atoms with Gasteiger partial charge in [-0.2, -0.15) is 8.42 Å². The van der Waals surface area contributed by atoms with E-state index < -0.39 is 56.7 Å². The van der Waals surface area contributed by atoms with Crippen LogP contribution in [-0.4, -0.2) is 70.0 Å². The van der Waals surface area contributed by atoms with Gasteiger partial charge < -0.3 is 46.7 Å². The molecule has 2 saturated carbocycles. The Morgan fingerprint density at radius 3 is 2.42 bits per heavy atom. The first-order valence-corrected chi connectivity index (χ1v) is 38.1. The number of hydrogen-bond donors (Lipinski definition) is 8. The van der Waals surface area contributed by atoms with Gasteiger partial charge in [-0.05, 0) is 252 Å². The number of aromatic hydroxyl groups is 1. The molecule has 99 heavy (non-hydrogen) atoms. The number of nitrogens with two attached hydrogens (primary N) is 2. The topological polar surface area (TPSA) is 230 Å². The number of nitrogens with one attached hydrogen (secondary N) is 1. The van der Waals surface area contributed by atoms with E-state index in [0.29, 0.717) is 61.8 Å². The predicted molar refractivity (Wildman–Crippen MR) is 389 cm³/mol. The van der Waals surface area contributed by atoms with Crippen LogP contribution in [0.25, 0.3) is 16.8 Å². The Morgan fingerprint density at radius 2 is 1.64 bits per heavy atom. The molecule has 11 aliphatic rings. The average molecular weight is 1350 g/mol. The van der Waals surface area contributed by atoms with Crippen LogP contribution >= 0.6 is 0 Å². The molecule has 3 fully saturated rings. The number of hydrogen-bond acceptors (Lipinski definition) is 10. The Labute approximate surface area is 583 Å². The van der Waals surface area contributed by atoms with E-state index in [0.717, 1.165) is 109 Å². The van der Waals surface area contributed by atoms with E-state index in [1.807, 2.05) is 37.4 Å². The monoisotopic (exact) mass is 1350 g/mol. The van der Waals surface area contributed by atoms with Crippen LogP contribution in [0, 0.1) is 46.8 Å². The van der Waals surface area contributed by atoms with Crippen LogP contribution in [0.1, 0.15) is 211 Å². The number of fused-ring (bicyclic) bond motifs is 9. The first-order chi connectivity index (χ1) is 47.8. The quantitative estimate of drug-likeness (QED) is 0.0199. The Hall–Kier alpha value is -7.58. The summed E-state index contributed by atoms with van der Waals surface area (Å²) in [7, 11) is -2.73. The maximum atomic E-state index is 14.7. The van der Waals surface area contributed by atoms with E-state index in [2.05, 4.69) is 133 Å². The second kappa shape index (κ2) is 26.1. The van der Waals surface area contributed by atoms with Crippen molar-refractivity contribution < 1.29 is 42.9 Å². The van der Waals surface area contributed by atoms with Crippen molar-refractivity contribution in [1.82, 2.24) is 5.32 Å². The molecule has 18 rings (SSSR count). The predicted octanol–water partition coefficient (Wildman–Crippen LogP) is 14.5. The molecular weight excluding hydrogens is 1250 g/mol. The minimum Gasteiger partial charge on any atom is -0.508 e. The third kappa shape index (κ3) is 12.3. The number of ether oxygens (including phenoxy) is 2. The maximum Gasteiger partial charge on any atom is 0.268 e. The molecule has 15 unspecified atom stereocenters. The molecule has 6 aliphatic carbocycles. The number of aliphatic hydroxyl groups excluding tert-OH is 2. The third-order valence-corrected chi connectivity index (χ3v) is 26.6. The van der Waals surface area contributed by atoms with Gasteiger partial charge in [0.1, 0.15) is 17.6 Å². The van der Waals surface area contributed by atoms with Gasteiger partial charge in [0.15, 0.2) is 5.96 Å². The fraction of sp³-hybridized carbons (Fsp3) is 0.447. The van der Waals surface area contributed by atoms with E-state index in [9.17, 15) is 33.4 Å². The fourth-order valence-corrected chi connectivity index (χ4v) is 22.0. The Balaban J connectivity index is 0.824. The number of phenolic OH excluding ortho intramolecular Hbond substituents is 1. The zero-order chi connectivity index (χ0) is 68.1. The largest absolute Gasteiger partial charge is 0.508 e. The van der Waals surface area contributed by atoms with Crippen molar-refractivity contribution >= 4 is 32.9 Å².